The first-order valence-corrected chi connectivity index (χ1v) is 6.41. The predicted octanol–water partition coefficient (Wildman–Crippen LogP) is 4.03. The van der Waals surface area contributed by atoms with Crippen LogP contribution >= 0.6 is 0 Å². The molecule has 2 aromatic carbocycles. The van der Waals surface area contributed by atoms with Crippen LogP contribution in [0.3, 0.4) is 0 Å². The molecule has 0 saturated carbocycles. The summed E-state index contributed by atoms with van der Waals surface area (Å²) >= 11 is 0. The van der Waals surface area contributed by atoms with E-state index in [0.29, 0.717) is 0 Å². The van der Waals surface area contributed by atoms with Crippen molar-refractivity contribution in [3.8, 4) is 11.1 Å². The van der Waals surface area contributed by atoms with E-state index in [1.165, 1.54) is 12.1 Å². The topological polar surface area (TPSA) is 60.2 Å². The molecule has 0 radical (unpaired) electrons. The Labute approximate surface area is 117 Å². The molecular formula is C16H15NO3. The van der Waals surface area contributed by atoms with Crippen LogP contribution in [-0.2, 0) is 6.42 Å². The Hall–Kier alpha value is -2.49. The van der Waals surface area contributed by atoms with E-state index in [0.717, 1.165) is 28.7 Å². The number of benzene rings is 2. The number of nitro groups is 1. The number of nitrogens with zero attached hydrogens (tertiary/aromatic N) is 1. The maximum atomic E-state index is 11.5. The molecule has 4 heteroatoms. The van der Waals surface area contributed by atoms with Crippen molar-refractivity contribution >= 4 is 11.5 Å². The molecule has 0 bridgehead atoms. The fourth-order valence-electron chi connectivity index (χ4n) is 2.18. The van der Waals surface area contributed by atoms with Gasteiger partial charge in [-0.2, -0.15) is 0 Å². The normalized spacial score (nSPS) is 10.3. The monoisotopic (exact) mass is 269 g/mol. The summed E-state index contributed by atoms with van der Waals surface area (Å²) in [5, 5.41) is 10.6. The highest BCUT2D eigenvalue weighted by Gasteiger charge is 2.09. The zero-order valence-corrected chi connectivity index (χ0v) is 11.4. The molecule has 20 heavy (non-hydrogen) atoms. The molecule has 102 valence electrons. The van der Waals surface area contributed by atoms with Crippen molar-refractivity contribution in [3.05, 3.63) is 63.7 Å². The minimum atomic E-state index is -0.417. The highest BCUT2D eigenvalue weighted by Crippen LogP contribution is 2.25. The Morgan fingerprint density at radius 3 is 2.20 bits per heavy atom. The summed E-state index contributed by atoms with van der Waals surface area (Å²) in [6.45, 7) is 3.56. The minimum absolute atomic E-state index is 0.0529. The molecule has 0 atom stereocenters. The van der Waals surface area contributed by atoms with E-state index in [1.807, 2.05) is 25.1 Å². The summed E-state index contributed by atoms with van der Waals surface area (Å²) in [7, 11) is 0. The third-order valence-electron chi connectivity index (χ3n) is 3.28. The summed E-state index contributed by atoms with van der Waals surface area (Å²) in [5.74, 6) is 0.0529. The molecule has 0 aromatic heterocycles. The van der Waals surface area contributed by atoms with Crippen molar-refractivity contribution in [1.29, 1.82) is 0 Å². The number of hydrogen-bond acceptors (Lipinski definition) is 3. The average molecular weight is 269 g/mol. The first-order valence-electron chi connectivity index (χ1n) is 6.41. The molecule has 0 aliphatic carbocycles. The molecule has 0 N–H and O–H groups in total. The SMILES string of the molecule is CCc1cc(-c2ccc([N+](=O)[O-])cc2)ccc1C(C)=O. The van der Waals surface area contributed by atoms with Crippen LogP contribution in [0, 0.1) is 10.1 Å². The Morgan fingerprint density at radius 2 is 1.70 bits per heavy atom. The van der Waals surface area contributed by atoms with Gasteiger partial charge in [0.15, 0.2) is 5.78 Å². The first kappa shape index (κ1) is 13.9. The Bertz CT molecular complexity index is 660. The number of nitro benzene ring substituents is 1. The molecule has 0 aliphatic rings. The third-order valence-corrected chi connectivity index (χ3v) is 3.28. The van der Waals surface area contributed by atoms with Gasteiger partial charge in [-0.05, 0) is 42.2 Å². The van der Waals surface area contributed by atoms with Crippen molar-refractivity contribution in [2.24, 2.45) is 0 Å². The lowest BCUT2D eigenvalue weighted by molar-refractivity contribution is -0.384. The van der Waals surface area contributed by atoms with E-state index >= 15 is 0 Å². The van der Waals surface area contributed by atoms with Crippen LogP contribution in [0.25, 0.3) is 11.1 Å². The van der Waals surface area contributed by atoms with Crippen LogP contribution in [0.15, 0.2) is 42.5 Å². The molecule has 0 amide bonds. The van der Waals surface area contributed by atoms with Crippen molar-refractivity contribution in [1.82, 2.24) is 0 Å². The lowest BCUT2D eigenvalue weighted by atomic mass is 9.96. The summed E-state index contributed by atoms with van der Waals surface area (Å²) in [6, 6.07) is 12.1. The number of hydrogen-bond donors (Lipinski definition) is 0. The van der Waals surface area contributed by atoms with Gasteiger partial charge in [0, 0.05) is 17.7 Å². The largest absolute Gasteiger partial charge is 0.295 e. The smallest absolute Gasteiger partial charge is 0.269 e. The molecule has 0 unspecified atom stereocenters. The van der Waals surface area contributed by atoms with Gasteiger partial charge in [-0.15, -0.1) is 0 Å². The second-order valence-corrected chi connectivity index (χ2v) is 4.59. The molecule has 0 spiro atoms. The number of non-ortho nitro benzene ring substituents is 1. The zero-order chi connectivity index (χ0) is 14.7. The standard InChI is InChI=1S/C16H15NO3/c1-3-12-10-14(6-9-16(12)11(2)18)13-4-7-15(8-5-13)17(19)20/h4-10H,3H2,1-2H3. The average Bonchev–Trinajstić information content (AvgIpc) is 2.46. The fraction of sp³-hybridized carbons (Fsp3) is 0.188. The first-order chi connectivity index (χ1) is 9.52. The predicted molar refractivity (Wildman–Crippen MR) is 77.9 cm³/mol. The second kappa shape index (κ2) is 5.65. The second-order valence-electron chi connectivity index (χ2n) is 4.59. The van der Waals surface area contributed by atoms with Crippen molar-refractivity contribution in [2.45, 2.75) is 20.3 Å². The number of carbonyl (C=O) groups excluding carboxylic acids is 1. The summed E-state index contributed by atoms with van der Waals surface area (Å²) in [6.07, 6.45) is 0.774. The molecule has 0 aliphatic heterocycles. The van der Waals surface area contributed by atoms with Crippen LogP contribution in [0.1, 0.15) is 29.8 Å². The van der Waals surface area contributed by atoms with Gasteiger partial charge < -0.3 is 0 Å². The minimum Gasteiger partial charge on any atom is -0.295 e. The van der Waals surface area contributed by atoms with Crippen LogP contribution < -0.4 is 0 Å². The van der Waals surface area contributed by atoms with Gasteiger partial charge in [-0.25, -0.2) is 0 Å². The molecule has 2 rings (SSSR count). The van der Waals surface area contributed by atoms with E-state index in [2.05, 4.69) is 0 Å². The number of ketones is 1. The zero-order valence-electron chi connectivity index (χ0n) is 11.4. The van der Waals surface area contributed by atoms with Gasteiger partial charge in [0.2, 0.25) is 0 Å². The molecule has 4 nitrogen and oxygen atoms in total. The summed E-state index contributed by atoms with van der Waals surface area (Å²) in [4.78, 5) is 21.7. The Balaban J connectivity index is 2.42. The van der Waals surface area contributed by atoms with Crippen LogP contribution in [0.5, 0.6) is 0 Å². The molecular weight excluding hydrogens is 254 g/mol. The number of Topliss-reactive ketones (excluding diaryl/α,β-unsaturated/α-hetero) is 1. The highest BCUT2D eigenvalue weighted by molar-refractivity contribution is 5.96. The lowest BCUT2D eigenvalue weighted by Crippen LogP contribution is -1.98. The van der Waals surface area contributed by atoms with Gasteiger partial charge in [0.05, 0.1) is 4.92 Å². The molecule has 2 aromatic rings. The maximum Gasteiger partial charge on any atom is 0.269 e. The molecule has 0 saturated heterocycles. The van der Waals surface area contributed by atoms with Gasteiger partial charge in [0.1, 0.15) is 0 Å². The molecule has 0 heterocycles. The lowest BCUT2D eigenvalue weighted by Gasteiger charge is -2.08. The van der Waals surface area contributed by atoms with Crippen LogP contribution in [0.2, 0.25) is 0 Å². The van der Waals surface area contributed by atoms with E-state index < -0.39 is 4.92 Å². The van der Waals surface area contributed by atoms with Gasteiger partial charge >= 0.3 is 0 Å². The highest BCUT2D eigenvalue weighted by atomic mass is 16.6. The van der Waals surface area contributed by atoms with Crippen molar-refractivity contribution in [3.63, 3.8) is 0 Å². The third kappa shape index (κ3) is 2.74. The van der Waals surface area contributed by atoms with Crippen molar-refractivity contribution < 1.29 is 9.72 Å². The van der Waals surface area contributed by atoms with E-state index in [-0.39, 0.29) is 11.5 Å². The fourth-order valence-corrected chi connectivity index (χ4v) is 2.18. The van der Waals surface area contributed by atoms with E-state index in [4.69, 9.17) is 0 Å². The maximum absolute atomic E-state index is 11.5. The summed E-state index contributed by atoms with van der Waals surface area (Å²) in [5.41, 5.74) is 3.67. The van der Waals surface area contributed by atoms with Gasteiger partial charge in [-0.3, -0.25) is 14.9 Å². The van der Waals surface area contributed by atoms with E-state index in [9.17, 15) is 14.9 Å². The van der Waals surface area contributed by atoms with Crippen LogP contribution in [0.4, 0.5) is 5.69 Å². The van der Waals surface area contributed by atoms with Crippen molar-refractivity contribution in [2.75, 3.05) is 0 Å². The molecule has 0 fully saturated rings. The van der Waals surface area contributed by atoms with Gasteiger partial charge in [0.25, 0.3) is 5.69 Å². The summed E-state index contributed by atoms with van der Waals surface area (Å²) < 4.78 is 0. The Morgan fingerprint density at radius 1 is 1.10 bits per heavy atom. The number of aryl methyl sites for hydroxylation is 1. The quantitative estimate of drug-likeness (QED) is 0.478. The van der Waals surface area contributed by atoms with Gasteiger partial charge in [-0.1, -0.05) is 25.1 Å². The van der Waals surface area contributed by atoms with E-state index in [1.54, 1.807) is 19.1 Å². The Kier molecular flexibility index (Phi) is 3.94. The van der Waals surface area contributed by atoms with Crippen LogP contribution in [-0.4, -0.2) is 10.7 Å². The number of rotatable bonds is 4. The number of carbonyl (C=O) groups is 1.